The van der Waals surface area contributed by atoms with Crippen LogP contribution in [0, 0.1) is 0 Å². The first kappa shape index (κ1) is 25.9. The van der Waals surface area contributed by atoms with E-state index in [-0.39, 0.29) is 5.69 Å². The number of benzene rings is 1. The Balaban J connectivity index is 0.00000176. The van der Waals surface area contributed by atoms with Crippen LogP contribution in [0.2, 0.25) is 0 Å². The summed E-state index contributed by atoms with van der Waals surface area (Å²) in [7, 11) is 1.50. The quantitative estimate of drug-likeness (QED) is 0.340. The Labute approximate surface area is 189 Å². The molecule has 0 spiro atoms. The Morgan fingerprint density at radius 2 is 1.84 bits per heavy atom. The molecule has 4 N–H and O–H groups in total. The van der Waals surface area contributed by atoms with Crippen LogP contribution in [0.25, 0.3) is 10.9 Å². The molecular weight excluding hydrogens is 439 g/mol. The first-order valence-electron chi connectivity index (χ1n) is 9.92. The second-order valence-electron chi connectivity index (χ2n) is 8.08. The van der Waals surface area contributed by atoms with Crippen LogP contribution in [0.1, 0.15) is 41.9 Å². The van der Waals surface area contributed by atoms with E-state index in [0.717, 1.165) is 10.4 Å². The fraction of sp³-hybridized carbons (Fsp3) is 0.391. The topological polar surface area (TPSA) is 92.0 Å². The maximum absolute atomic E-state index is 14.0. The van der Waals surface area contributed by atoms with Crippen molar-refractivity contribution < 1.29 is 23.1 Å². The standard InChI is InChI=1S/C22H23F3N2O2S.CH5N/c1-20(2,17-7-5-4-6-14(17)12-28)13-21(29,22(23,24)25)10-16-8-15-9-19(30-3)26-11-18(15)27-16;1-2/h4-9,11-12,27,29H,10,13H2,1-3H3;2H2,1H3. The predicted octanol–water partition coefficient (Wildman–Crippen LogP) is 4.88. The number of hydrogen-bond donors (Lipinski definition) is 3. The molecule has 0 aliphatic carbocycles. The molecule has 0 fully saturated rings. The van der Waals surface area contributed by atoms with Crippen molar-refractivity contribution in [2.45, 2.75) is 48.9 Å². The van der Waals surface area contributed by atoms with E-state index in [4.69, 9.17) is 0 Å². The zero-order valence-corrected chi connectivity index (χ0v) is 19.3. The van der Waals surface area contributed by atoms with E-state index < -0.39 is 30.0 Å². The predicted molar refractivity (Wildman–Crippen MR) is 122 cm³/mol. The molecule has 0 radical (unpaired) electrons. The molecule has 1 unspecified atom stereocenters. The summed E-state index contributed by atoms with van der Waals surface area (Å²) in [5.74, 6) is 0. The van der Waals surface area contributed by atoms with E-state index in [1.807, 2.05) is 6.26 Å². The normalized spacial score (nSPS) is 13.9. The Morgan fingerprint density at radius 3 is 2.44 bits per heavy atom. The molecule has 3 aromatic rings. The molecule has 0 saturated carbocycles. The lowest BCUT2D eigenvalue weighted by Crippen LogP contribution is -2.51. The molecule has 1 atom stereocenters. The van der Waals surface area contributed by atoms with Gasteiger partial charge in [-0.1, -0.05) is 38.1 Å². The van der Waals surface area contributed by atoms with Gasteiger partial charge in [-0.2, -0.15) is 13.2 Å². The number of thioether (sulfide) groups is 1. The smallest absolute Gasteiger partial charge is 0.380 e. The van der Waals surface area contributed by atoms with Crippen LogP contribution in [-0.2, 0) is 11.8 Å². The number of fused-ring (bicyclic) bond motifs is 1. The molecule has 0 aliphatic rings. The molecule has 0 aliphatic heterocycles. The highest BCUT2D eigenvalue weighted by Crippen LogP contribution is 2.43. The van der Waals surface area contributed by atoms with E-state index >= 15 is 0 Å². The molecule has 174 valence electrons. The summed E-state index contributed by atoms with van der Waals surface area (Å²) in [5, 5.41) is 12.3. The second kappa shape index (κ2) is 10.1. The highest BCUT2D eigenvalue weighted by molar-refractivity contribution is 7.98. The number of alkyl halides is 3. The van der Waals surface area contributed by atoms with Crippen molar-refractivity contribution in [1.29, 1.82) is 0 Å². The van der Waals surface area contributed by atoms with Gasteiger partial charge in [-0.15, -0.1) is 11.8 Å². The van der Waals surface area contributed by atoms with Gasteiger partial charge in [-0.05, 0) is 42.8 Å². The van der Waals surface area contributed by atoms with Crippen LogP contribution in [0.5, 0.6) is 0 Å². The monoisotopic (exact) mass is 467 g/mol. The first-order chi connectivity index (χ1) is 15.0. The third-order valence-corrected chi connectivity index (χ3v) is 5.95. The van der Waals surface area contributed by atoms with Gasteiger partial charge in [0.25, 0.3) is 0 Å². The number of pyridine rings is 1. The van der Waals surface area contributed by atoms with Gasteiger partial charge in [-0.25, -0.2) is 4.98 Å². The molecule has 0 bridgehead atoms. The molecule has 5 nitrogen and oxygen atoms in total. The number of carbonyl (C=O) groups is 1. The number of nitrogens with two attached hydrogens (primary N) is 1. The van der Waals surface area contributed by atoms with Gasteiger partial charge in [0.2, 0.25) is 0 Å². The molecular formula is C23H28F3N3O2S. The highest BCUT2D eigenvalue weighted by Gasteiger charge is 2.56. The number of aliphatic hydroxyl groups is 1. The van der Waals surface area contributed by atoms with Crippen molar-refractivity contribution in [1.82, 2.24) is 9.97 Å². The van der Waals surface area contributed by atoms with E-state index in [0.29, 0.717) is 22.9 Å². The average Bonchev–Trinajstić information content (AvgIpc) is 3.14. The Bertz CT molecular complexity index is 1070. The molecule has 2 aromatic heterocycles. The molecule has 9 heteroatoms. The van der Waals surface area contributed by atoms with Gasteiger partial charge in [0.15, 0.2) is 5.60 Å². The number of carbonyl (C=O) groups excluding carboxylic acids is 1. The van der Waals surface area contributed by atoms with Crippen LogP contribution in [0.15, 0.2) is 47.6 Å². The molecule has 32 heavy (non-hydrogen) atoms. The number of aldehydes is 1. The van der Waals surface area contributed by atoms with Crippen LogP contribution in [0.4, 0.5) is 13.2 Å². The maximum Gasteiger partial charge on any atom is 0.417 e. The molecule has 3 rings (SSSR count). The summed E-state index contributed by atoms with van der Waals surface area (Å²) in [6.45, 7) is 3.21. The summed E-state index contributed by atoms with van der Waals surface area (Å²) in [6.07, 6.45) is -2.03. The van der Waals surface area contributed by atoms with Crippen molar-refractivity contribution in [3.8, 4) is 0 Å². The van der Waals surface area contributed by atoms with Gasteiger partial charge in [0.1, 0.15) is 6.29 Å². The number of hydrogen-bond acceptors (Lipinski definition) is 5. The summed E-state index contributed by atoms with van der Waals surface area (Å²) in [4.78, 5) is 18.5. The molecule has 2 heterocycles. The SMILES string of the molecule is CN.CSc1cc2cc(CC(O)(CC(C)(C)c3ccccc3C=O)C(F)(F)F)[nH]c2cn1. The minimum atomic E-state index is -4.86. The van der Waals surface area contributed by atoms with Crippen LogP contribution in [-0.4, -0.2) is 46.4 Å². The van der Waals surface area contributed by atoms with E-state index in [1.54, 1.807) is 56.4 Å². The third kappa shape index (κ3) is 5.51. The van der Waals surface area contributed by atoms with Crippen molar-refractivity contribution in [3.63, 3.8) is 0 Å². The number of aromatic amines is 1. The third-order valence-electron chi connectivity index (χ3n) is 5.31. The molecule has 1 aromatic carbocycles. The number of rotatable bonds is 7. The second-order valence-corrected chi connectivity index (χ2v) is 8.91. The largest absolute Gasteiger partial charge is 0.417 e. The maximum atomic E-state index is 14.0. The summed E-state index contributed by atoms with van der Waals surface area (Å²) in [5.41, 5.74) is 2.08. The van der Waals surface area contributed by atoms with Gasteiger partial charge in [0.05, 0.1) is 16.7 Å². The fourth-order valence-corrected chi connectivity index (χ4v) is 4.30. The number of aromatic nitrogens is 2. The molecule has 0 saturated heterocycles. The van der Waals surface area contributed by atoms with Crippen LogP contribution < -0.4 is 5.73 Å². The number of H-pyrrole nitrogens is 1. The Hall–Kier alpha value is -2.36. The van der Waals surface area contributed by atoms with E-state index in [9.17, 15) is 23.1 Å². The number of nitrogens with zero attached hydrogens (tertiary/aromatic N) is 1. The number of nitrogens with one attached hydrogen (secondary N) is 1. The van der Waals surface area contributed by atoms with E-state index in [1.165, 1.54) is 18.8 Å². The Morgan fingerprint density at radius 1 is 1.19 bits per heavy atom. The van der Waals surface area contributed by atoms with Crippen molar-refractivity contribution >= 4 is 29.0 Å². The highest BCUT2D eigenvalue weighted by atomic mass is 32.2. The number of halogens is 3. The minimum Gasteiger partial charge on any atom is -0.380 e. The van der Waals surface area contributed by atoms with E-state index in [2.05, 4.69) is 15.7 Å². The van der Waals surface area contributed by atoms with Crippen molar-refractivity contribution in [2.75, 3.05) is 13.3 Å². The summed E-state index contributed by atoms with van der Waals surface area (Å²) < 4.78 is 42.1. The van der Waals surface area contributed by atoms with Gasteiger partial charge >= 0.3 is 6.18 Å². The zero-order chi connectivity index (χ0) is 24.2. The first-order valence-corrected chi connectivity index (χ1v) is 11.1. The van der Waals surface area contributed by atoms with Crippen molar-refractivity contribution in [2.24, 2.45) is 5.73 Å². The average molecular weight is 468 g/mol. The van der Waals surface area contributed by atoms with Crippen LogP contribution in [0.3, 0.4) is 0 Å². The van der Waals surface area contributed by atoms with Gasteiger partial charge in [0, 0.05) is 23.1 Å². The lowest BCUT2D eigenvalue weighted by molar-refractivity contribution is -0.266. The lowest BCUT2D eigenvalue weighted by atomic mass is 9.72. The Kier molecular flexibility index (Phi) is 8.14. The molecule has 0 amide bonds. The minimum absolute atomic E-state index is 0.268. The van der Waals surface area contributed by atoms with Gasteiger partial charge < -0.3 is 15.8 Å². The fourth-order valence-electron chi connectivity index (χ4n) is 3.90. The zero-order valence-electron chi connectivity index (χ0n) is 18.5. The summed E-state index contributed by atoms with van der Waals surface area (Å²) >= 11 is 1.44. The summed E-state index contributed by atoms with van der Waals surface area (Å²) in [6, 6.07) is 9.91. The van der Waals surface area contributed by atoms with Gasteiger partial charge in [-0.3, -0.25) is 4.79 Å². The lowest BCUT2D eigenvalue weighted by Gasteiger charge is -2.38. The van der Waals surface area contributed by atoms with Crippen molar-refractivity contribution in [3.05, 3.63) is 59.4 Å². The van der Waals surface area contributed by atoms with Crippen LogP contribution >= 0.6 is 11.8 Å².